The van der Waals surface area contributed by atoms with Gasteiger partial charge in [0.2, 0.25) is 0 Å². The van der Waals surface area contributed by atoms with Crippen LogP contribution in [0.4, 0.5) is 0 Å². The Hall–Kier alpha value is -3.27. The number of amides is 1. The van der Waals surface area contributed by atoms with Crippen molar-refractivity contribution in [3.63, 3.8) is 0 Å². The van der Waals surface area contributed by atoms with Gasteiger partial charge in [0, 0.05) is 0 Å². The summed E-state index contributed by atoms with van der Waals surface area (Å²) >= 11 is 0. The van der Waals surface area contributed by atoms with E-state index in [9.17, 15) is 4.79 Å². The molecule has 0 aliphatic heterocycles. The maximum absolute atomic E-state index is 12.9. The van der Waals surface area contributed by atoms with Gasteiger partial charge >= 0.3 is 0 Å². The molecule has 0 saturated heterocycles. The van der Waals surface area contributed by atoms with Gasteiger partial charge in [-0.25, -0.2) is 0 Å². The highest BCUT2D eigenvalue weighted by Gasteiger charge is 2.15. The summed E-state index contributed by atoms with van der Waals surface area (Å²) in [6.07, 6.45) is 3.34. The lowest BCUT2D eigenvalue weighted by Crippen LogP contribution is -2.37. The van der Waals surface area contributed by atoms with Gasteiger partial charge in [0.15, 0.2) is 0 Å². The zero-order chi connectivity index (χ0) is 19.1. The van der Waals surface area contributed by atoms with Crippen molar-refractivity contribution in [2.45, 2.75) is 19.9 Å². The molecule has 0 aliphatic carbocycles. The van der Waals surface area contributed by atoms with Crippen LogP contribution >= 0.6 is 0 Å². The Balaban J connectivity index is 1.68. The number of rotatable bonds is 7. The van der Waals surface area contributed by atoms with Crippen LogP contribution in [0.3, 0.4) is 0 Å². The highest BCUT2D eigenvalue weighted by atomic mass is 16.5. The van der Waals surface area contributed by atoms with E-state index < -0.39 is 0 Å². The minimum Gasteiger partial charge on any atom is -0.491 e. The van der Waals surface area contributed by atoms with Crippen molar-refractivity contribution in [2.75, 3.05) is 6.61 Å². The van der Waals surface area contributed by atoms with Crippen molar-refractivity contribution in [3.8, 4) is 5.75 Å². The number of furan rings is 1. The molecule has 0 fully saturated rings. The first kappa shape index (κ1) is 18.5. The summed E-state index contributed by atoms with van der Waals surface area (Å²) < 4.78 is 11.1. The van der Waals surface area contributed by atoms with E-state index >= 15 is 0 Å². The second-order valence-corrected chi connectivity index (χ2v) is 6.44. The van der Waals surface area contributed by atoms with Crippen molar-refractivity contribution in [3.05, 3.63) is 89.9 Å². The second kappa shape index (κ2) is 8.90. The van der Waals surface area contributed by atoms with Crippen LogP contribution in [-0.2, 0) is 4.79 Å². The molecule has 0 radical (unpaired) electrons. The predicted molar refractivity (Wildman–Crippen MR) is 107 cm³/mol. The Morgan fingerprint density at radius 2 is 1.81 bits per heavy atom. The standard InChI is InChI=1S/C23H23NO3/c1-17-10-12-20(13-11-17)27-16-18(2)24-23(25)22(15-21-9-6-14-26-21)19-7-4-3-5-8-19/h3-15,18H,16H2,1-2H3,(H,24,25)/b22-15+. The normalized spacial score (nSPS) is 12.4. The van der Waals surface area contributed by atoms with Gasteiger partial charge < -0.3 is 14.5 Å². The fourth-order valence-corrected chi connectivity index (χ4v) is 2.61. The number of aryl methyl sites for hydroxylation is 1. The largest absolute Gasteiger partial charge is 0.491 e. The second-order valence-electron chi connectivity index (χ2n) is 6.44. The van der Waals surface area contributed by atoms with E-state index in [1.807, 2.05) is 74.5 Å². The molecule has 1 heterocycles. The van der Waals surface area contributed by atoms with E-state index in [4.69, 9.17) is 9.15 Å². The summed E-state index contributed by atoms with van der Waals surface area (Å²) in [7, 11) is 0. The Bertz CT molecular complexity index is 881. The maximum atomic E-state index is 12.9. The highest BCUT2D eigenvalue weighted by Crippen LogP contribution is 2.19. The van der Waals surface area contributed by atoms with E-state index in [-0.39, 0.29) is 11.9 Å². The summed E-state index contributed by atoms with van der Waals surface area (Å²) in [4.78, 5) is 12.9. The molecule has 138 valence electrons. The van der Waals surface area contributed by atoms with Gasteiger partial charge in [0.1, 0.15) is 18.1 Å². The third-order valence-corrected chi connectivity index (χ3v) is 4.06. The van der Waals surface area contributed by atoms with Crippen LogP contribution < -0.4 is 10.1 Å². The molecular weight excluding hydrogens is 338 g/mol. The summed E-state index contributed by atoms with van der Waals surface area (Å²) in [5, 5.41) is 3.00. The van der Waals surface area contributed by atoms with Crippen molar-refractivity contribution in [1.82, 2.24) is 5.32 Å². The van der Waals surface area contributed by atoms with Gasteiger partial charge in [0.05, 0.1) is 17.9 Å². The van der Waals surface area contributed by atoms with E-state index in [1.165, 1.54) is 5.56 Å². The van der Waals surface area contributed by atoms with E-state index in [0.29, 0.717) is 17.9 Å². The zero-order valence-electron chi connectivity index (χ0n) is 15.5. The summed E-state index contributed by atoms with van der Waals surface area (Å²) in [6, 6.07) is 20.9. The first-order valence-corrected chi connectivity index (χ1v) is 8.93. The Kier molecular flexibility index (Phi) is 6.10. The number of nitrogens with one attached hydrogen (secondary N) is 1. The minimum atomic E-state index is -0.169. The first-order valence-electron chi connectivity index (χ1n) is 8.93. The van der Waals surface area contributed by atoms with Crippen LogP contribution in [0.25, 0.3) is 11.6 Å². The Labute approximate surface area is 159 Å². The van der Waals surface area contributed by atoms with Crippen molar-refractivity contribution in [1.29, 1.82) is 0 Å². The fourth-order valence-electron chi connectivity index (χ4n) is 2.61. The minimum absolute atomic E-state index is 0.150. The summed E-state index contributed by atoms with van der Waals surface area (Å²) in [5.74, 6) is 1.25. The lowest BCUT2D eigenvalue weighted by molar-refractivity contribution is -0.116. The molecule has 2 aromatic carbocycles. The third-order valence-electron chi connectivity index (χ3n) is 4.06. The summed E-state index contributed by atoms with van der Waals surface area (Å²) in [5.41, 5.74) is 2.56. The van der Waals surface area contributed by atoms with Crippen LogP contribution in [0.1, 0.15) is 23.8 Å². The van der Waals surface area contributed by atoms with Crippen molar-refractivity contribution < 1.29 is 13.9 Å². The predicted octanol–water partition coefficient (Wildman–Crippen LogP) is 4.71. The topological polar surface area (TPSA) is 51.5 Å². The van der Waals surface area contributed by atoms with Crippen molar-refractivity contribution >= 4 is 17.6 Å². The SMILES string of the molecule is Cc1ccc(OCC(C)NC(=O)/C(=C/c2ccco2)c2ccccc2)cc1. The van der Waals surface area contributed by atoms with E-state index in [1.54, 1.807) is 18.4 Å². The number of hydrogen-bond donors (Lipinski definition) is 1. The molecule has 1 aromatic heterocycles. The average molecular weight is 361 g/mol. The molecule has 1 amide bonds. The average Bonchev–Trinajstić information content (AvgIpc) is 3.19. The zero-order valence-corrected chi connectivity index (χ0v) is 15.5. The van der Waals surface area contributed by atoms with E-state index in [2.05, 4.69) is 5.32 Å². The maximum Gasteiger partial charge on any atom is 0.252 e. The number of hydrogen-bond acceptors (Lipinski definition) is 3. The molecule has 1 atom stereocenters. The highest BCUT2D eigenvalue weighted by molar-refractivity contribution is 6.24. The van der Waals surface area contributed by atoms with Crippen LogP contribution in [0.5, 0.6) is 5.75 Å². The molecule has 4 heteroatoms. The molecule has 1 N–H and O–H groups in total. The van der Waals surface area contributed by atoms with Gasteiger partial charge in [-0.2, -0.15) is 0 Å². The fraction of sp³-hybridized carbons (Fsp3) is 0.174. The monoisotopic (exact) mass is 361 g/mol. The third kappa shape index (κ3) is 5.35. The lowest BCUT2D eigenvalue weighted by Gasteiger charge is -2.16. The van der Waals surface area contributed by atoms with Gasteiger partial charge in [-0.1, -0.05) is 48.0 Å². The Morgan fingerprint density at radius 1 is 1.07 bits per heavy atom. The lowest BCUT2D eigenvalue weighted by atomic mass is 10.0. The molecule has 0 aliphatic rings. The van der Waals surface area contributed by atoms with Crippen LogP contribution in [0.2, 0.25) is 0 Å². The first-order chi connectivity index (χ1) is 13.1. The molecule has 4 nitrogen and oxygen atoms in total. The number of ether oxygens (including phenoxy) is 1. The number of carbonyl (C=O) groups is 1. The van der Waals surface area contributed by atoms with Crippen LogP contribution in [0, 0.1) is 6.92 Å². The summed E-state index contributed by atoms with van der Waals surface area (Å²) in [6.45, 7) is 4.34. The number of carbonyl (C=O) groups excluding carboxylic acids is 1. The molecule has 0 spiro atoms. The molecule has 27 heavy (non-hydrogen) atoms. The Morgan fingerprint density at radius 3 is 2.48 bits per heavy atom. The van der Waals surface area contributed by atoms with E-state index in [0.717, 1.165) is 11.3 Å². The molecule has 3 aromatic rings. The molecular formula is C23H23NO3. The van der Waals surface area contributed by atoms with Crippen molar-refractivity contribution in [2.24, 2.45) is 0 Å². The smallest absolute Gasteiger partial charge is 0.252 e. The quantitative estimate of drug-likeness (QED) is 0.620. The number of benzene rings is 2. The molecule has 0 saturated carbocycles. The van der Waals surface area contributed by atoms with Gasteiger partial charge in [-0.05, 0) is 49.8 Å². The van der Waals surface area contributed by atoms with Crippen LogP contribution in [0.15, 0.2) is 77.4 Å². The molecule has 3 rings (SSSR count). The van der Waals surface area contributed by atoms with Gasteiger partial charge in [-0.3, -0.25) is 4.79 Å². The van der Waals surface area contributed by atoms with Crippen LogP contribution in [-0.4, -0.2) is 18.6 Å². The van der Waals surface area contributed by atoms with Gasteiger partial charge in [-0.15, -0.1) is 0 Å². The molecule has 1 unspecified atom stereocenters. The molecule has 0 bridgehead atoms. The van der Waals surface area contributed by atoms with Gasteiger partial charge in [0.25, 0.3) is 5.91 Å².